The van der Waals surface area contributed by atoms with Crippen LogP contribution in [0.4, 0.5) is 17.1 Å². The molecule has 3 rings (SSSR count). The van der Waals surface area contributed by atoms with Gasteiger partial charge in [-0.25, -0.2) is 0 Å². The van der Waals surface area contributed by atoms with Crippen molar-refractivity contribution in [1.29, 1.82) is 5.26 Å². The van der Waals surface area contributed by atoms with E-state index in [1.54, 1.807) is 12.1 Å². The molecule has 0 aliphatic rings. The topological polar surface area (TPSA) is 144 Å². The number of methoxy groups -OCH3 is 1. The number of benzene rings is 3. The number of nitro groups is 1. The summed E-state index contributed by atoms with van der Waals surface area (Å²) in [6.07, 6.45) is 1.33. The standard InChI is InChI=1S/C26H21BrN4O6/c1-16-6-3-4-9-22(16)30-24(32)15-37-25-21(27)11-17(12-23(25)36-2)10-18(14-28)26(33)29-19-7-5-8-20(13-19)31(34)35/h3-13H,15H2,1-2H3,(H,29,33)(H,30,32)/b18-10-. The van der Waals surface area contributed by atoms with E-state index in [4.69, 9.17) is 9.47 Å². The smallest absolute Gasteiger partial charge is 0.271 e. The Morgan fingerprint density at radius 1 is 1.14 bits per heavy atom. The summed E-state index contributed by atoms with van der Waals surface area (Å²) < 4.78 is 11.5. The molecule has 188 valence electrons. The zero-order valence-electron chi connectivity index (χ0n) is 19.8. The van der Waals surface area contributed by atoms with Crippen LogP contribution in [0.3, 0.4) is 0 Å². The van der Waals surface area contributed by atoms with Crippen molar-refractivity contribution in [3.8, 4) is 17.6 Å². The molecule has 0 saturated heterocycles. The lowest BCUT2D eigenvalue weighted by Gasteiger charge is -2.14. The second kappa shape index (κ2) is 12.3. The number of halogens is 1. The number of ether oxygens (including phenoxy) is 2. The number of nitro benzene ring substituents is 1. The number of non-ortho nitro benzene ring substituents is 1. The Kier molecular flexibility index (Phi) is 8.96. The molecule has 0 unspecified atom stereocenters. The zero-order valence-corrected chi connectivity index (χ0v) is 21.4. The minimum Gasteiger partial charge on any atom is -0.493 e. The van der Waals surface area contributed by atoms with Crippen molar-refractivity contribution in [3.63, 3.8) is 0 Å². The Balaban J connectivity index is 1.75. The number of nitriles is 1. The highest BCUT2D eigenvalue weighted by Gasteiger charge is 2.16. The average molecular weight is 565 g/mol. The van der Waals surface area contributed by atoms with Crippen LogP contribution in [0.5, 0.6) is 11.5 Å². The van der Waals surface area contributed by atoms with Gasteiger partial charge in [0, 0.05) is 23.5 Å². The van der Waals surface area contributed by atoms with Gasteiger partial charge < -0.3 is 20.1 Å². The number of aryl methyl sites for hydroxylation is 1. The normalized spacial score (nSPS) is 10.7. The highest BCUT2D eigenvalue weighted by atomic mass is 79.9. The van der Waals surface area contributed by atoms with Crippen LogP contribution >= 0.6 is 15.9 Å². The number of para-hydroxylation sites is 1. The maximum atomic E-state index is 12.6. The van der Waals surface area contributed by atoms with E-state index < -0.39 is 10.8 Å². The van der Waals surface area contributed by atoms with Gasteiger partial charge in [-0.05, 0) is 64.3 Å². The molecule has 0 heterocycles. The molecule has 0 atom stereocenters. The SMILES string of the molecule is COc1cc(/C=C(/C#N)C(=O)Nc2cccc([N+](=O)[O-])c2)cc(Br)c1OCC(=O)Nc1ccccc1C. The van der Waals surface area contributed by atoms with E-state index in [0.29, 0.717) is 15.7 Å². The van der Waals surface area contributed by atoms with Gasteiger partial charge in [0.25, 0.3) is 17.5 Å². The van der Waals surface area contributed by atoms with E-state index in [-0.39, 0.29) is 41.0 Å². The maximum absolute atomic E-state index is 12.6. The predicted octanol–water partition coefficient (Wildman–Crippen LogP) is 5.24. The monoisotopic (exact) mass is 564 g/mol. The summed E-state index contributed by atoms with van der Waals surface area (Å²) in [7, 11) is 1.41. The van der Waals surface area contributed by atoms with Gasteiger partial charge in [0.1, 0.15) is 11.6 Å². The van der Waals surface area contributed by atoms with Gasteiger partial charge in [-0.2, -0.15) is 5.26 Å². The van der Waals surface area contributed by atoms with E-state index in [9.17, 15) is 25.0 Å². The fourth-order valence-corrected chi connectivity index (χ4v) is 3.79. The average Bonchev–Trinajstić information content (AvgIpc) is 2.87. The first-order valence-corrected chi connectivity index (χ1v) is 11.5. The third-order valence-corrected chi connectivity index (χ3v) is 5.60. The number of anilines is 2. The van der Waals surface area contributed by atoms with Gasteiger partial charge in [0.05, 0.1) is 16.5 Å². The largest absolute Gasteiger partial charge is 0.493 e. The number of carbonyl (C=O) groups excluding carboxylic acids is 2. The second-order valence-corrected chi connectivity index (χ2v) is 8.47. The summed E-state index contributed by atoms with van der Waals surface area (Å²) in [4.78, 5) is 35.3. The first-order valence-electron chi connectivity index (χ1n) is 10.7. The Labute approximate surface area is 220 Å². The van der Waals surface area contributed by atoms with Crippen molar-refractivity contribution < 1.29 is 24.0 Å². The number of hydrogen-bond donors (Lipinski definition) is 2. The molecule has 2 N–H and O–H groups in total. The van der Waals surface area contributed by atoms with E-state index >= 15 is 0 Å². The molecular formula is C26H21BrN4O6. The highest BCUT2D eigenvalue weighted by Crippen LogP contribution is 2.37. The van der Waals surface area contributed by atoms with Crippen LogP contribution in [0.1, 0.15) is 11.1 Å². The summed E-state index contributed by atoms with van der Waals surface area (Å²) in [5.74, 6) is -0.581. The summed E-state index contributed by atoms with van der Waals surface area (Å²) in [6, 6.07) is 17.7. The molecule has 10 nitrogen and oxygen atoms in total. The first-order chi connectivity index (χ1) is 17.7. The lowest BCUT2D eigenvalue weighted by molar-refractivity contribution is -0.384. The number of amides is 2. The molecule has 0 spiro atoms. The number of carbonyl (C=O) groups is 2. The van der Waals surface area contributed by atoms with Crippen molar-refractivity contribution >= 4 is 50.9 Å². The molecule has 3 aromatic rings. The number of nitrogens with one attached hydrogen (secondary N) is 2. The summed E-state index contributed by atoms with van der Waals surface area (Å²) in [5, 5.41) is 25.7. The molecule has 2 amide bonds. The first kappa shape index (κ1) is 26.9. The van der Waals surface area contributed by atoms with Gasteiger partial charge in [-0.1, -0.05) is 24.3 Å². The van der Waals surface area contributed by atoms with Gasteiger partial charge in [0.15, 0.2) is 18.1 Å². The number of nitrogens with zero attached hydrogens (tertiary/aromatic N) is 2. The fourth-order valence-electron chi connectivity index (χ4n) is 3.21. The van der Waals surface area contributed by atoms with E-state index in [1.165, 1.54) is 43.5 Å². The second-order valence-electron chi connectivity index (χ2n) is 7.62. The van der Waals surface area contributed by atoms with Crippen molar-refractivity contribution in [1.82, 2.24) is 0 Å². The van der Waals surface area contributed by atoms with Crippen LogP contribution < -0.4 is 20.1 Å². The Morgan fingerprint density at radius 3 is 2.57 bits per heavy atom. The lowest BCUT2D eigenvalue weighted by Crippen LogP contribution is -2.21. The molecular weight excluding hydrogens is 544 g/mol. The van der Waals surface area contributed by atoms with Crippen molar-refractivity contribution in [3.05, 3.63) is 92.0 Å². The summed E-state index contributed by atoms with van der Waals surface area (Å²) in [6.45, 7) is 1.59. The molecule has 0 aliphatic heterocycles. The van der Waals surface area contributed by atoms with Gasteiger partial charge in [-0.15, -0.1) is 0 Å². The third-order valence-electron chi connectivity index (χ3n) is 5.01. The minimum absolute atomic E-state index is 0.173. The summed E-state index contributed by atoms with van der Waals surface area (Å²) >= 11 is 3.38. The quantitative estimate of drug-likeness (QED) is 0.156. The van der Waals surface area contributed by atoms with Crippen LogP contribution in [0.15, 0.2) is 70.7 Å². The van der Waals surface area contributed by atoms with Crippen LogP contribution in [0, 0.1) is 28.4 Å². The number of hydrogen-bond acceptors (Lipinski definition) is 7. The molecule has 11 heteroatoms. The van der Waals surface area contributed by atoms with Crippen LogP contribution in [0.2, 0.25) is 0 Å². The van der Waals surface area contributed by atoms with Crippen molar-refractivity contribution in [2.24, 2.45) is 0 Å². The molecule has 0 aliphatic carbocycles. The Morgan fingerprint density at radius 2 is 1.89 bits per heavy atom. The van der Waals surface area contributed by atoms with E-state index in [2.05, 4.69) is 26.6 Å². The predicted molar refractivity (Wildman–Crippen MR) is 141 cm³/mol. The molecule has 37 heavy (non-hydrogen) atoms. The Bertz CT molecular complexity index is 1430. The summed E-state index contributed by atoms with van der Waals surface area (Å²) in [5.41, 5.74) is 1.76. The van der Waals surface area contributed by atoms with Crippen LogP contribution in [0.25, 0.3) is 6.08 Å². The molecule has 0 bridgehead atoms. The zero-order chi connectivity index (χ0) is 26.9. The fraction of sp³-hybridized carbons (Fsp3) is 0.115. The highest BCUT2D eigenvalue weighted by molar-refractivity contribution is 9.10. The van der Waals surface area contributed by atoms with Gasteiger partial charge >= 0.3 is 0 Å². The molecule has 0 saturated carbocycles. The molecule has 0 radical (unpaired) electrons. The molecule has 0 aromatic heterocycles. The van der Waals surface area contributed by atoms with Gasteiger partial charge in [-0.3, -0.25) is 19.7 Å². The van der Waals surface area contributed by atoms with Crippen molar-refractivity contribution in [2.75, 3.05) is 24.4 Å². The van der Waals surface area contributed by atoms with Crippen molar-refractivity contribution in [2.45, 2.75) is 6.92 Å². The maximum Gasteiger partial charge on any atom is 0.271 e. The Hall–Kier alpha value is -4.69. The minimum atomic E-state index is -0.744. The van der Waals surface area contributed by atoms with Crippen LogP contribution in [-0.4, -0.2) is 30.5 Å². The number of rotatable bonds is 9. The van der Waals surface area contributed by atoms with E-state index in [0.717, 1.165) is 5.56 Å². The van der Waals surface area contributed by atoms with Gasteiger partial charge in [0.2, 0.25) is 0 Å². The lowest BCUT2D eigenvalue weighted by atomic mass is 10.1. The molecule has 0 fully saturated rings. The third kappa shape index (κ3) is 7.16. The van der Waals surface area contributed by atoms with E-state index in [1.807, 2.05) is 31.2 Å². The molecule has 3 aromatic carbocycles. The van der Waals surface area contributed by atoms with Crippen LogP contribution in [-0.2, 0) is 9.59 Å².